The molecule has 0 radical (unpaired) electrons. The minimum atomic E-state index is -0.379. The van der Waals surface area contributed by atoms with E-state index >= 15 is 0 Å². The van der Waals surface area contributed by atoms with Crippen molar-refractivity contribution in [3.05, 3.63) is 34.8 Å². The Morgan fingerprint density at radius 3 is 3.00 bits per heavy atom. The molecular formula is C21H28N4O4S. The highest BCUT2D eigenvalue weighted by Gasteiger charge is 2.36. The van der Waals surface area contributed by atoms with Crippen molar-refractivity contribution in [2.75, 3.05) is 31.2 Å². The number of hydrogen-bond donors (Lipinski definition) is 1. The molecule has 1 aromatic carbocycles. The number of carbonyl (C=O) groups excluding carboxylic acids is 2. The zero-order valence-electron chi connectivity index (χ0n) is 17.4. The molecule has 0 bridgehead atoms. The number of anilines is 1. The van der Waals surface area contributed by atoms with Gasteiger partial charge in [-0.15, -0.1) is 10.2 Å². The lowest BCUT2D eigenvalue weighted by atomic mass is 10.1. The summed E-state index contributed by atoms with van der Waals surface area (Å²) in [4.78, 5) is 26.5. The van der Waals surface area contributed by atoms with E-state index in [1.165, 1.54) is 11.3 Å². The van der Waals surface area contributed by atoms with Gasteiger partial charge in [0.1, 0.15) is 17.4 Å². The van der Waals surface area contributed by atoms with Crippen LogP contribution in [0, 0.1) is 5.92 Å². The van der Waals surface area contributed by atoms with Gasteiger partial charge in [0.2, 0.25) is 16.9 Å². The molecule has 2 aromatic rings. The number of rotatable bonds is 11. The van der Waals surface area contributed by atoms with Crippen LogP contribution in [0.4, 0.5) is 5.13 Å². The van der Waals surface area contributed by atoms with Gasteiger partial charge in [-0.05, 0) is 37.5 Å². The van der Waals surface area contributed by atoms with Crippen molar-refractivity contribution in [1.82, 2.24) is 15.5 Å². The number of nitrogens with zero attached hydrogens (tertiary/aromatic N) is 3. The number of amides is 2. The van der Waals surface area contributed by atoms with E-state index in [2.05, 4.69) is 22.4 Å². The molecule has 0 aliphatic carbocycles. The largest absolute Gasteiger partial charge is 0.494 e. The number of carbonyl (C=O) groups is 2. The van der Waals surface area contributed by atoms with Crippen LogP contribution in [0.25, 0.3) is 0 Å². The Kier molecular flexibility index (Phi) is 8.15. The second kappa shape index (κ2) is 11.0. The van der Waals surface area contributed by atoms with Gasteiger partial charge in [0, 0.05) is 26.1 Å². The third-order valence-electron chi connectivity index (χ3n) is 4.70. The highest BCUT2D eigenvalue weighted by molar-refractivity contribution is 7.15. The molecule has 8 nitrogen and oxygen atoms in total. The molecule has 0 spiro atoms. The summed E-state index contributed by atoms with van der Waals surface area (Å²) in [5.74, 6) is 0.257. The lowest BCUT2D eigenvalue weighted by molar-refractivity contribution is -0.126. The Labute approximate surface area is 180 Å². The number of benzene rings is 1. The van der Waals surface area contributed by atoms with Crippen LogP contribution in [0.3, 0.4) is 0 Å². The van der Waals surface area contributed by atoms with Crippen molar-refractivity contribution in [2.24, 2.45) is 5.92 Å². The minimum absolute atomic E-state index is 0.102. The SMILES string of the molecule is CCCOc1cccc(CCNC(=O)C2CC(=O)N(c3nnc(COCC)s3)C2)c1. The average molecular weight is 433 g/mol. The summed E-state index contributed by atoms with van der Waals surface area (Å²) in [7, 11) is 0. The fourth-order valence-corrected chi connectivity index (χ4v) is 3.96. The maximum atomic E-state index is 12.5. The third-order valence-corrected chi connectivity index (χ3v) is 5.62. The summed E-state index contributed by atoms with van der Waals surface area (Å²) >= 11 is 1.32. The van der Waals surface area contributed by atoms with E-state index in [-0.39, 0.29) is 24.2 Å². The Balaban J connectivity index is 1.47. The first kappa shape index (κ1) is 22.2. The molecule has 3 rings (SSSR count). The molecule has 9 heteroatoms. The molecule has 30 heavy (non-hydrogen) atoms. The predicted octanol–water partition coefficient (Wildman–Crippen LogP) is 2.58. The van der Waals surface area contributed by atoms with Crippen LogP contribution >= 0.6 is 11.3 Å². The van der Waals surface area contributed by atoms with E-state index in [9.17, 15) is 9.59 Å². The quantitative estimate of drug-likeness (QED) is 0.587. The van der Waals surface area contributed by atoms with Crippen molar-refractivity contribution < 1.29 is 19.1 Å². The molecule has 1 fully saturated rings. The summed E-state index contributed by atoms with van der Waals surface area (Å²) in [6.07, 6.45) is 1.85. The number of aromatic nitrogens is 2. The molecule has 2 amide bonds. The first-order valence-corrected chi connectivity index (χ1v) is 11.1. The molecular weight excluding hydrogens is 404 g/mol. The zero-order valence-corrected chi connectivity index (χ0v) is 18.2. The summed E-state index contributed by atoms with van der Waals surface area (Å²) in [6, 6.07) is 7.90. The van der Waals surface area contributed by atoms with Crippen molar-refractivity contribution in [1.29, 1.82) is 0 Å². The molecule has 1 atom stereocenters. The van der Waals surface area contributed by atoms with Crippen LogP contribution in [0.2, 0.25) is 0 Å². The Morgan fingerprint density at radius 2 is 2.20 bits per heavy atom. The third kappa shape index (κ3) is 5.99. The average Bonchev–Trinajstić information content (AvgIpc) is 3.37. The molecule has 1 unspecified atom stereocenters. The molecule has 1 saturated heterocycles. The monoisotopic (exact) mass is 432 g/mol. The number of ether oxygens (including phenoxy) is 2. The van der Waals surface area contributed by atoms with E-state index in [4.69, 9.17) is 9.47 Å². The van der Waals surface area contributed by atoms with Crippen LogP contribution in [0.5, 0.6) is 5.75 Å². The molecule has 2 heterocycles. The van der Waals surface area contributed by atoms with E-state index in [1.54, 1.807) is 4.90 Å². The van der Waals surface area contributed by atoms with Crippen LogP contribution in [-0.2, 0) is 27.4 Å². The highest BCUT2D eigenvalue weighted by Crippen LogP contribution is 2.28. The van der Waals surface area contributed by atoms with Crippen LogP contribution in [0.15, 0.2) is 24.3 Å². The summed E-state index contributed by atoms with van der Waals surface area (Å²) in [5, 5.41) is 12.3. The lowest BCUT2D eigenvalue weighted by Crippen LogP contribution is -2.34. The first-order chi connectivity index (χ1) is 14.6. The number of nitrogens with one attached hydrogen (secondary N) is 1. The van der Waals surface area contributed by atoms with Gasteiger partial charge in [-0.1, -0.05) is 30.4 Å². The summed E-state index contributed by atoms with van der Waals surface area (Å²) in [5.41, 5.74) is 1.10. The fourth-order valence-electron chi connectivity index (χ4n) is 3.15. The Hall–Kier alpha value is -2.52. The van der Waals surface area contributed by atoms with Gasteiger partial charge in [0.05, 0.1) is 12.5 Å². The standard InChI is InChI=1S/C21H28N4O4S/c1-3-10-29-17-7-5-6-15(11-17)8-9-22-20(27)16-12-19(26)25(13-16)21-24-23-18(30-21)14-28-4-2/h5-7,11,16H,3-4,8-10,12-14H2,1-2H3,(H,22,27). The van der Waals surface area contributed by atoms with Crippen LogP contribution in [0.1, 0.15) is 37.3 Å². The van der Waals surface area contributed by atoms with Gasteiger partial charge in [0.25, 0.3) is 0 Å². The second-order valence-corrected chi connectivity index (χ2v) is 8.10. The van der Waals surface area contributed by atoms with Crippen molar-refractivity contribution >= 4 is 28.3 Å². The van der Waals surface area contributed by atoms with Crippen molar-refractivity contribution in [3.63, 3.8) is 0 Å². The highest BCUT2D eigenvalue weighted by atomic mass is 32.1. The molecule has 162 valence electrons. The van der Waals surface area contributed by atoms with Gasteiger partial charge in [-0.3, -0.25) is 14.5 Å². The molecule has 1 aromatic heterocycles. The molecule has 1 aliphatic heterocycles. The summed E-state index contributed by atoms with van der Waals surface area (Å²) < 4.78 is 11.0. The second-order valence-electron chi connectivity index (χ2n) is 7.06. The van der Waals surface area contributed by atoms with Gasteiger partial charge in [0.15, 0.2) is 0 Å². The molecule has 1 N–H and O–H groups in total. The smallest absolute Gasteiger partial charge is 0.229 e. The fraction of sp³-hybridized carbons (Fsp3) is 0.524. The molecule has 0 saturated carbocycles. The summed E-state index contributed by atoms with van der Waals surface area (Å²) in [6.45, 7) is 6.48. The minimum Gasteiger partial charge on any atom is -0.494 e. The first-order valence-electron chi connectivity index (χ1n) is 10.3. The van der Waals surface area contributed by atoms with Crippen LogP contribution in [-0.4, -0.2) is 48.3 Å². The van der Waals surface area contributed by atoms with E-state index in [0.29, 0.717) is 44.5 Å². The Morgan fingerprint density at radius 1 is 1.33 bits per heavy atom. The molecule has 1 aliphatic rings. The predicted molar refractivity (Wildman–Crippen MR) is 115 cm³/mol. The van der Waals surface area contributed by atoms with E-state index in [0.717, 1.165) is 22.7 Å². The lowest BCUT2D eigenvalue weighted by Gasteiger charge is -2.13. The number of hydrogen-bond acceptors (Lipinski definition) is 7. The van der Waals surface area contributed by atoms with E-state index < -0.39 is 0 Å². The van der Waals surface area contributed by atoms with Gasteiger partial charge < -0.3 is 14.8 Å². The van der Waals surface area contributed by atoms with E-state index in [1.807, 2.05) is 31.2 Å². The van der Waals surface area contributed by atoms with Crippen molar-refractivity contribution in [2.45, 2.75) is 39.7 Å². The van der Waals surface area contributed by atoms with Gasteiger partial charge in [-0.2, -0.15) is 0 Å². The normalized spacial score (nSPS) is 16.1. The van der Waals surface area contributed by atoms with Gasteiger partial charge >= 0.3 is 0 Å². The Bertz CT molecular complexity index is 857. The topological polar surface area (TPSA) is 93.7 Å². The maximum absolute atomic E-state index is 12.5. The van der Waals surface area contributed by atoms with Crippen LogP contribution < -0.4 is 15.0 Å². The van der Waals surface area contributed by atoms with Crippen molar-refractivity contribution in [3.8, 4) is 5.75 Å². The zero-order chi connectivity index (χ0) is 21.3. The maximum Gasteiger partial charge on any atom is 0.229 e. The van der Waals surface area contributed by atoms with Gasteiger partial charge in [-0.25, -0.2) is 0 Å².